The molecule has 9 rings (SSSR count). The van der Waals surface area contributed by atoms with Gasteiger partial charge in [-0.1, -0.05) is 140 Å². The molecule has 0 aliphatic carbocycles. The van der Waals surface area contributed by atoms with Crippen molar-refractivity contribution in [3.8, 4) is 22.3 Å². The Balaban J connectivity index is 1.19. The third-order valence-corrected chi connectivity index (χ3v) is 8.92. The molecule has 1 N–H and O–H groups in total. The molecule has 0 bridgehead atoms. The molecule has 0 radical (unpaired) electrons. The largest absolute Gasteiger partial charge is 0.456 e. The normalized spacial score (nSPS) is 14.6. The number of amidine groups is 2. The highest BCUT2D eigenvalue weighted by atomic mass is 16.3. The van der Waals surface area contributed by atoms with E-state index in [1.807, 2.05) is 36.4 Å². The van der Waals surface area contributed by atoms with Crippen LogP contribution < -0.4 is 5.32 Å². The Morgan fingerprint density at radius 2 is 1.00 bits per heavy atom. The van der Waals surface area contributed by atoms with E-state index in [4.69, 9.17) is 14.4 Å². The molecule has 0 amide bonds. The summed E-state index contributed by atoms with van der Waals surface area (Å²) < 4.78 is 6.44. The number of hydrogen-bond donors (Lipinski definition) is 1. The zero-order chi connectivity index (χ0) is 31.2. The fourth-order valence-electron chi connectivity index (χ4n) is 6.56. The van der Waals surface area contributed by atoms with E-state index >= 15 is 0 Å². The zero-order valence-corrected chi connectivity index (χ0v) is 25.5. The van der Waals surface area contributed by atoms with Gasteiger partial charge in [-0.2, -0.15) is 0 Å². The number of fused-ring (bicyclic) bond motifs is 4. The predicted octanol–water partition coefficient (Wildman–Crippen LogP) is 10.6. The molecule has 0 fully saturated rings. The highest BCUT2D eigenvalue weighted by molar-refractivity contribution is 6.16. The minimum absolute atomic E-state index is 0.492. The summed E-state index contributed by atoms with van der Waals surface area (Å²) >= 11 is 0. The maximum absolute atomic E-state index is 6.44. The first-order valence-electron chi connectivity index (χ1n) is 15.9. The average Bonchev–Trinajstić information content (AvgIpc) is 3.53. The van der Waals surface area contributed by atoms with Crippen LogP contribution in [0.2, 0.25) is 0 Å². The van der Waals surface area contributed by atoms with Gasteiger partial charge in [0.1, 0.15) is 22.8 Å². The number of rotatable bonds is 5. The van der Waals surface area contributed by atoms with Gasteiger partial charge in [-0.15, -0.1) is 0 Å². The molecule has 1 unspecified atom stereocenters. The summed E-state index contributed by atoms with van der Waals surface area (Å²) in [5, 5.41) is 8.14. The minimum Gasteiger partial charge on any atom is -0.456 e. The average molecular weight is 604 g/mol. The van der Waals surface area contributed by atoms with E-state index in [1.165, 1.54) is 16.3 Å². The fourth-order valence-corrected chi connectivity index (χ4v) is 6.56. The summed E-state index contributed by atoms with van der Waals surface area (Å²) in [6.07, 6.45) is -0.492. The van der Waals surface area contributed by atoms with Crippen molar-refractivity contribution in [1.29, 1.82) is 0 Å². The number of nitrogens with zero attached hydrogens (tertiary/aromatic N) is 2. The molecule has 47 heavy (non-hydrogen) atoms. The first-order chi connectivity index (χ1) is 23.3. The number of hydrogen-bond acceptors (Lipinski definition) is 4. The van der Waals surface area contributed by atoms with Gasteiger partial charge in [-0.25, -0.2) is 9.98 Å². The summed E-state index contributed by atoms with van der Waals surface area (Å²) in [6.45, 7) is 0. The standard InChI is InChI=1S/C43H29N3O/c1-3-11-28(12-4-1)35-26-37(40-36-17-9-10-18-38(36)47-39(40)27-35)43-45-41(31-14-5-2-6-15-31)44-42(46-43)32-22-19-30(20-23-32)34-24-21-29-13-7-8-16-33(29)25-34/h1-27,43H,(H,44,45,46). The van der Waals surface area contributed by atoms with E-state index in [0.29, 0.717) is 0 Å². The van der Waals surface area contributed by atoms with Crippen molar-refractivity contribution in [3.63, 3.8) is 0 Å². The molecular formula is C43H29N3O. The second-order valence-corrected chi connectivity index (χ2v) is 11.9. The summed E-state index contributed by atoms with van der Waals surface area (Å²) in [4.78, 5) is 10.5. The lowest BCUT2D eigenvalue weighted by atomic mass is 9.97. The Morgan fingerprint density at radius 3 is 1.77 bits per heavy atom. The van der Waals surface area contributed by atoms with Crippen molar-refractivity contribution in [2.24, 2.45) is 9.98 Å². The lowest BCUT2D eigenvalue weighted by Crippen LogP contribution is -2.36. The van der Waals surface area contributed by atoms with E-state index < -0.39 is 6.17 Å². The maximum atomic E-state index is 6.44. The Morgan fingerprint density at radius 1 is 0.426 bits per heavy atom. The van der Waals surface area contributed by atoms with Gasteiger partial charge in [-0.3, -0.25) is 0 Å². The van der Waals surface area contributed by atoms with E-state index in [0.717, 1.165) is 67.0 Å². The van der Waals surface area contributed by atoms with Crippen LogP contribution in [0.3, 0.4) is 0 Å². The molecule has 1 atom stereocenters. The third kappa shape index (κ3) is 4.97. The first kappa shape index (κ1) is 27.1. The Bertz CT molecular complexity index is 2480. The molecule has 2 heterocycles. The molecule has 1 aliphatic heterocycles. The van der Waals surface area contributed by atoms with Gasteiger partial charge in [0, 0.05) is 27.5 Å². The molecule has 222 valence electrons. The zero-order valence-electron chi connectivity index (χ0n) is 25.5. The van der Waals surface area contributed by atoms with Crippen LogP contribution in [0.15, 0.2) is 178 Å². The van der Waals surface area contributed by atoms with Crippen molar-refractivity contribution in [2.45, 2.75) is 6.17 Å². The van der Waals surface area contributed by atoms with Crippen LogP contribution in [0.4, 0.5) is 0 Å². The number of aliphatic imine (C=N–C) groups is 2. The highest BCUT2D eigenvalue weighted by Gasteiger charge is 2.25. The minimum atomic E-state index is -0.492. The first-order valence-corrected chi connectivity index (χ1v) is 15.9. The molecule has 8 aromatic rings. The molecule has 0 saturated heterocycles. The summed E-state index contributed by atoms with van der Waals surface area (Å²) in [7, 11) is 0. The van der Waals surface area contributed by atoms with E-state index in [2.05, 4.69) is 133 Å². The number of para-hydroxylation sites is 1. The summed E-state index contributed by atoms with van der Waals surface area (Å²) in [6, 6.07) is 56.9. The summed E-state index contributed by atoms with van der Waals surface area (Å²) in [5.41, 5.74) is 9.21. The molecule has 7 aromatic carbocycles. The third-order valence-electron chi connectivity index (χ3n) is 8.92. The lowest BCUT2D eigenvalue weighted by molar-refractivity contribution is 0.668. The van der Waals surface area contributed by atoms with Crippen LogP contribution in [0.25, 0.3) is 55.0 Å². The number of furan rings is 1. The molecule has 0 spiro atoms. The molecule has 4 heteroatoms. The fraction of sp³-hybridized carbons (Fsp3) is 0.0233. The molecule has 4 nitrogen and oxygen atoms in total. The number of benzene rings is 7. The second-order valence-electron chi connectivity index (χ2n) is 11.9. The smallest absolute Gasteiger partial charge is 0.170 e. The van der Waals surface area contributed by atoms with Crippen molar-refractivity contribution >= 4 is 44.4 Å². The van der Waals surface area contributed by atoms with Gasteiger partial charge >= 0.3 is 0 Å². The van der Waals surface area contributed by atoms with Gasteiger partial charge in [0.25, 0.3) is 0 Å². The van der Waals surface area contributed by atoms with E-state index in [-0.39, 0.29) is 0 Å². The van der Waals surface area contributed by atoms with Gasteiger partial charge in [-0.05, 0) is 57.3 Å². The summed E-state index contributed by atoms with van der Waals surface area (Å²) in [5.74, 6) is 1.56. The Labute approximate surface area is 272 Å². The van der Waals surface area contributed by atoms with Gasteiger partial charge < -0.3 is 9.73 Å². The van der Waals surface area contributed by atoms with E-state index in [9.17, 15) is 0 Å². The van der Waals surface area contributed by atoms with Gasteiger partial charge in [0.15, 0.2) is 6.17 Å². The Hall–Kier alpha value is -6.26. The SMILES string of the molecule is c1ccc(C2=NC(c3cc(-c4ccccc4)cc4oc5ccccc5c34)N=C(c3ccc(-c4ccc5ccccc5c4)cc3)N2)cc1. The quantitative estimate of drug-likeness (QED) is 0.213. The second kappa shape index (κ2) is 11.3. The van der Waals surface area contributed by atoms with Crippen LogP contribution in [-0.4, -0.2) is 11.7 Å². The van der Waals surface area contributed by atoms with Crippen LogP contribution in [0.1, 0.15) is 22.9 Å². The van der Waals surface area contributed by atoms with Crippen LogP contribution in [-0.2, 0) is 0 Å². The van der Waals surface area contributed by atoms with Crippen LogP contribution in [0.5, 0.6) is 0 Å². The molecule has 1 aliphatic rings. The molecule has 0 saturated carbocycles. The lowest BCUT2D eigenvalue weighted by Gasteiger charge is -2.23. The highest BCUT2D eigenvalue weighted by Crippen LogP contribution is 2.40. The van der Waals surface area contributed by atoms with Crippen molar-refractivity contribution < 1.29 is 4.42 Å². The van der Waals surface area contributed by atoms with E-state index in [1.54, 1.807) is 0 Å². The monoisotopic (exact) mass is 603 g/mol. The Kier molecular flexibility index (Phi) is 6.50. The molecular weight excluding hydrogens is 574 g/mol. The van der Waals surface area contributed by atoms with Crippen molar-refractivity contribution in [1.82, 2.24) is 5.32 Å². The van der Waals surface area contributed by atoms with Gasteiger partial charge in [0.05, 0.1) is 0 Å². The van der Waals surface area contributed by atoms with Crippen molar-refractivity contribution in [3.05, 3.63) is 180 Å². The van der Waals surface area contributed by atoms with Crippen molar-refractivity contribution in [2.75, 3.05) is 0 Å². The predicted molar refractivity (Wildman–Crippen MR) is 194 cm³/mol. The topological polar surface area (TPSA) is 49.9 Å². The van der Waals surface area contributed by atoms with Gasteiger partial charge in [0.2, 0.25) is 0 Å². The van der Waals surface area contributed by atoms with Crippen LogP contribution in [0, 0.1) is 0 Å². The number of nitrogens with one attached hydrogen (secondary N) is 1. The van der Waals surface area contributed by atoms with Crippen LogP contribution >= 0.6 is 0 Å². The molecule has 1 aromatic heterocycles. The maximum Gasteiger partial charge on any atom is 0.170 e.